The minimum atomic E-state index is -0.835. The van der Waals surface area contributed by atoms with Crippen molar-refractivity contribution < 1.29 is 14.3 Å². The molecule has 7 heteroatoms. The maximum absolute atomic E-state index is 13.7. The van der Waals surface area contributed by atoms with E-state index in [-0.39, 0.29) is 24.2 Å². The molecular weight excluding hydrogens is 452 g/mol. The number of carbonyl (C=O) groups excluding carboxylic acids is 2. The number of morpholine rings is 1. The van der Waals surface area contributed by atoms with E-state index in [9.17, 15) is 14.9 Å². The summed E-state index contributed by atoms with van der Waals surface area (Å²) in [6.07, 6.45) is 12.6. The zero-order chi connectivity index (χ0) is 25.5. The summed E-state index contributed by atoms with van der Waals surface area (Å²) >= 11 is 0. The van der Waals surface area contributed by atoms with Gasteiger partial charge in [0, 0.05) is 44.6 Å². The van der Waals surface area contributed by atoms with Gasteiger partial charge in [-0.3, -0.25) is 14.5 Å². The summed E-state index contributed by atoms with van der Waals surface area (Å²) in [5, 5.41) is 13.4. The Bertz CT molecular complexity index is 776. The molecule has 202 valence electrons. The van der Waals surface area contributed by atoms with E-state index in [0.29, 0.717) is 51.2 Å². The number of hydrogen-bond acceptors (Lipinski definition) is 5. The fraction of sp³-hybridized carbons (Fsp3) is 0.897. The molecule has 0 aromatic heterocycles. The summed E-state index contributed by atoms with van der Waals surface area (Å²) in [5.74, 6) is 1.66. The van der Waals surface area contributed by atoms with Gasteiger partial charge in [-0.15, -0.1) is 0 Å². The number of hydrogen-bond donors (Lipinski definition) is 1. The maximum Gasteiger partial charge on any atom is 0.224 e. The van der Waals surface area contributed by atoms with Crippen molar-refractivity contribution in [2.24, 2.45) is 23.7 Å². The van der Waals surface area contributed by atoms with E-state index in [0.717, 1.165) is 37.6 Å². The van der Waals surface area contributed by atoms with Crippen LogP contribution < -0.4 is 5.32 Å². The molecule has 4 aliphatic rings. The average molecular weight is 501 g/mol. The summed E-state index contributed by atoms with van der Waals surface area (Å²) in [6, 6.07) is 3.02. The topological polar surface area (TPSA) is 85.7 Å². The fourth-order valence-electron chi connectivity index (χ4n) is 7.10. The second kappa shape index (κ2) is 12.7. The van der Waals surface area contributed by atoms with Gasteiger partial charge in [-0.25, -0.2) is 0 Å². The van der Waals surface area contributed by atoms with E-state index in [1.807, 2.05) is 4.90 Å². The van der Waals surface area contributed by atoms with Gasteiger partial charge in [0.25, 0.3) is 0 Å². The van der Waals surface area contributed by atoms with Crippen LogP contribution in [0.15, 0.2) is 0 Å². The molecular formula is C29H48N4O3. The standard InChI is InChI=1S/C29H48N4O3/c1-22(2)24-8-10-26(11-9-24)33-13-12-29(20-30,21-33)31-28(35)25(18-23-6-4-3-5-7-23)19-27(34)32-14-16-36-17-15-32/h22-26H,3-19,21H2,1-2H3,(H,31,35)/t24-,25-,26-,29-/m1/s1. The highest BCUT2D eigenvalue weighted by molar-refractivity contribution is 5.86. The molecule has 7 nitrogen and oxygen atoms in total. The van der Waals surface area contributed by atoms with Gasteiger partial charge >= 0.3 is 0 Å². The Morgan fingerprint density at radius 1 is 1.03 bits per heavy atom. The van der Waals surface area contributed by atoms with Crippen molar-refractivity contribution in [2.75, 3.05) is 39.4 Å². The molecule has 0 unspecified atom stereocenters. The van der Waals surface area contributed by atoms with Crippen LogP contribution in [0.3, 0.4) is 0 Å². The van der Waals surface area contributed by atoms with Crippen LogP contribution in [0, 0.1) is 35.0 Å². The predicted octanol–water partition coefficient (Wildman–Crippen LogP) is 4.12. The predicted molar refractivity (Wildman–Crippen MR) is 140 cm³/mol. The minimum Gasteiger partial charge on any atom is -0.378 e. The van der Waals surface area contributed by atoms with Gasteiger partial charge in [-0.1, -0.05) is 46.0 Å². The van der Waals surface area contributed by atoms with Gasteiger partial charge < -0.3 is 15.0 Å². The zero-order valence-electron chi connectivity index (χ0n) is 22.7. The van der Waals surface area contributed by atoms with Crippen LogP contribution in [0.2, 0.25) is 0 Å². The lowest BCUT2D eigenvalue weighted by atomic mass is 9.79. The maximum atomic E-state index is 13.7. The number of rotatable bonds is 8. The summed E-state index contributed by atoms with van der Waals surface area (Å²) in [6.45, 7) is 8.47. The van der Waals surface area contributed by atoms with Crippen molar-refractivity contribution in [1.82, 2.24) is 15.1 Å². The van der Waals surface area contributed by atoms with Crippen LogP contribution in [0.1, 0.15) is 90.9 Å². The first-order chi connectivity index (χ1) is 17.4. The Labute approximate surface area is 218 Å². The summed E-state index contributed by atoms with van der Waals surface area (Å²) in [7, 11) is 0. The van der Waals surface area contributed by atoms with E-state index in [1.54, 1.807) is 0 Å². The lowest BCUT2D eigenvalue weighted by Crippen LogP contribution is -2.53. The van der Waals surface area contributed by atoms with Crippen LogP contribution in [0.4, 0.5) is 0 Å². The van der Waals surface area contributed by atoms with E-state index in [1.165, 1.54) is 44.9 Å². The molecule has 2 saturated carbocycles. The second-order valence-corrected chi connectivity index (χ2v) is 12.4. The zero-order valence-corrected chi connectivity index (χ0v) is 22.7. The molecule has 2 aliphatic carbocycles. The second-order valence-electron chi connectivity index (χ2n) is 12.4. The van der Waals surface area contributed by atoms with Gasteiger partial charge in [0.05, 0.1) is 19.3 Å². The third-order valence-corrected chi connectivity index (χ3v) is 9.57. The average Bonchev–Trinajstić information content (AvgIpc) is 3.33. The normalized spacial score (nSPS) is 31.2. The highest BCUT2D eigenvalue weighted by atomic mass is 16.5. The van der Waals surface area contributed by atoms with Crippen molar-refractivity contribution in [3.05, 3.63) is 0 Å². The first kappa shape index (κ1) is 27.4. The van der Waals surface area contributed by atoms with Crippen molar-refractivity contribution in [2.45, 2.75) is 102 Å². The number of carbonyl (C=O) groups is 2. The molecule has 2 saturated heterocycles. The smallest absolute Gasteiger partial charge is 0.224 e. The molecule has 0 radical (unpaired) electrons. The van der Waals surface area contributed by atoms with Crippen LogP contribution in [-0.4, -0.2) is 72.6 Å². The molecule has 0 aromatic carbocycles. The third-order valence-electron chi connectivity index (χ3n) is 9.57. The summed E-state index contributed by atoms with van der Waals surface area (Å²) < 4.78 is 5.40. The van der Waals surface area contributed by atoms with Crippen molar-refractivity contribution in [3.8, 4) is 6.07 Å². The van der Waals surface area contributed by atoms with E-state index in [2.05, 4.69) is 30.1 Å². The van der Waals surface area contributed by atoms with Crippen molar-refractivity contribution >= 4 is 11.8 Å². The largest absolute Gasteiger partial charge is 0.378 e. The van der Waals surface area contributed by atoms with Crippen LogP contribution in [0.5, 0.6) is 0 Å². The molecule has 2 atom stereocenters. The Morgan fingerprint density at radius 3 is 2.36 bits per heavy atom. The third kappa shape index (κ3) is 7.01. The Balaban J connectivity index is 1.37. The molecule has 4 rings (SSSR count). The molecule has 4 fully saturated rings. The summed E-state index contributed by atoms with van der Waals surface area (Å²) in [4.78, 5) is 31.1. The molecule has 1 N–H and O–H groups in total. The quantitative estimate of drug-likeness (QED) is 0.542. The first-order valence-corrected chi connectivity index (χ1v) is 14.7. The molecule has 2 aliphatic heterocycles. The van der Waals surface area contributed by atoms with Gasteiger partial charge in [0.2, 0.25) is 11.8 Å². The number of nitrogens with zero attached hydrogens (tertiary/aromatic N) is 3. The van der Waals surface area contributed by atoms with Gasteiger partial charge in [-0.05, 0) is 56.3 Å². The Morgan fingerprint density at radius 2 is 1.72 bits per heavy atom. The molecule has 36 heavy (non-hydrogen) atoms. The Kier molecular flexibility index (Phi) is 9.69. The van der Waals surface area contributed by atoms with Crippen LogP contribution >= 0.6 is 0 Å². The van der Waals surface area contributed by atoms with E-state index >= 15 is 0 Å². The lowest BCUT2D eigenvalue weighted by Gasteiger charge is -2.36. The van der Waals surface area contributed by atoms with E-state index < -0.39 is 5.54 Å². The summed E-state index contributed by atoms with van der Waals surface area (Å²) in [5.41, 5.74) is -0.835. The minimum absolute atomic E-state index is 0.0511. The van der Waals surface area contributed by atoms with E-state index in [4.69, 9.17) is 4.74 Å². The highest BCUT2D eigenvalue weighted by Crippen LogP contribution is 2.36. The van der Waals surface area contributed by atoms with Crippen molar-refractivity contribution in [3.63, 3.8) is 0 Å². The number of amides is 2. The van der Waals surface area contributed by atoms with Gasteiger partial charge in [0.15, 0.2) is 0 Å². The molecule has 0 bridgehead atoms. The first-order valence-electron chi connectivity index (χ1n) is 14.7. The number of nitriles is 1. The van der Waals surface area contributed by atoms with Crippen molar-refractivity contribution in [1.29, 1.82) is 5.26 Å². The molecule has 0 spiro atoms. The fourth-order valence-corrected chi connectivity index (χ4v) is 7.10. The molecule has 2 amide bonds. The molecule has 2 heterocycles. The SMILES string of the molecule is CC(C)[C@H]1CC[C@H](N2CC[C@](C#N)(NC(=O)[C@@H](CC(=O)N3CCOCC3)CC3CCCCC3)C2)CC1. The Hall–Kier alpha value is -1.65. The van der Waals surface area contributed by atoms with Crippen LogP contribution in [0.25, 0.3) is 0 Å². The number of likely N-dealkylation sites (tertiary alicyclic amines) is 1. The van der Waals surface area contributed by atoms with Gasteiger partial charge in [-0.2, -0.15) is 5.26 Å². The highest BCUT2D eigenvalue weighted by Gasteiger charge is 2.44. The van der Waals surface area contributed by atoms with Crippen LogP contribution in [-0.2, 0) is 14.3 Å². The molecule has 0 aromatic rings. The van der Waals surface area contributed by atoms with Gasteiger partial charge in [0.1, 0.15) is 5.54 Å². The monoisotopic (exact) mass is 500 g/mol. The number of nitrogens with one attached hydrogen (secondary N) is 1. The lowest BCUT2D eigenvalue weighted by molar-refractivity contribution is -0.140. The number of ether oxygens (including phenoxy) is 1.